The van der Waals surface area contributed by atoms with Gasteiger partial charge >= 0.3 is 7.44 Å². The molecule has 0 aliphatic carbocycles. The highest BCUT2D eigenvalue weighted by Crippen LogP contribution is 2.70. The van der Waals surface area contributed by atoms with E-state index < -0.39 is 7.44 Å². The Morgan fingerprint density at radius 3 is 1.53 bits per heavy atom. The van der Waals surface area contributed by atoms with Gasteiger partial charge in [0, 0.05) is 22.6 Å². The Balaban J connectivity index is 1.24. The number of aromatic nitrogens is 2. The number of hydrogen-bond acceptors (Lipinski definition) is 2. The Morgan fingerprint density at radius 2 is 0.918 bits per heavy atom. The van der Waals surface area contributed by atoms with Crippen LogP contribution in [0.3, 0.4) is 0 Å². The SMILES string of the molecule is O=P1(c2ccccc2)N(c2ccccc2)c2ccc(-c3ccc4c(c3)nc(-c3ccccc3)n4-c3ccccc3)cc2N1c1ccccc1. The number of nitrogens with zero attached hydrogens (tertiary/aromatic N) is 4. The van der Waals surface area contributed by atoms with Crippen LogP contribution in [0.1, 0.15) is 0 Å². The summed E-state index contributed by atoms with van der Waals surface area (Å²) < 4.78 is 22.2. The molecular weight excluding hydrogens is 619 g/mol. The summed E-state index contributed by atoms with van der Waals surface area (Å²) in [6.45, 7) is 0. The second kappa shape index (κ2) is 11.8. The summed E-state index contributed by atoms with van der Waals surface area (Å²) in [6.07, 6.45) is 0. The van der Waals surface area contributed by atoms with Crippen LogP contribution in [0.25, 0.3) is 39.2 Å². The van der Waals surface area contributed by atoms with Gasteiger partial charge in [-0.2, -0.15) is 0 Å². The molecule has 8 aromatic rings. The van der Waals surface area contributed by atoms with Crippen molar-refractivity contribution in [3.8, 4) is 28.2 Å². The van der Waals surface area contributed by atoms with Crippen molar-refractivity contribution in [2.24, 2.45) is 0 Å². The minimum absolute atomic E-state index is 0.766. The van der Waals surface area contributed by atoms with Crippen LogP contribution in [0.4, 0.5) is 22.7 Å². The molecule has 1 atom stereocenters. The lowest BCUT2D eigenvalue weighted by Crippen LogP contribution is -2.26. The number of fused-ring (bicyclic) bond motifs is 2. The smallest absolute Gasteiger partial charge is 0.292 e. The molecule has 0 saturated carbocycles. The highest BCUT2D eigenvalue weighted by Gasteiger charge is 2.49. The van der Waals surface area contributed by atoms with Crippen LogP contribution in [0, 0.1) is 0 Å². The van der Waals surface area contributed by atoms with Crippen molar-refractivity contribution in [1.29, 1.82) is 0 Å². The average Bonchev–Trinajstić information content (AvgIpc) is 3.69. The van der Waals surface area contributed by atoms with Crippen LogP contribution in [-0.4, -0.2) is 9.55 Å². The van der Waals surface area contributed by atoms with Crippen LogP contribution in [-0.2, 0) is 4.57 Å². The van der Waals surface area contributed by atoms with Gasteiger partial charge in [-0.05, 0) is 83.9 Å². The molecule has 7 aromatic carbocycles. The van der Waals surface area contributed by atoms with Crippen molar-refractivity contribution in [3.63, 3.8) is 0 Å². The highest BCUT2D eigenvalue weighted by atomic mass is 31.2. The van der Waals surface area contributed by atoms with E-state index in [1.54, 1.807) is 0 Å². The lowest BCUT2D eigenvalue weighted by molar-refractivity contribution is 0.582. The lowest BCUT2D eigenvalue weighted by Gasteiger charge is -2.33. The minimum atomic E-state index is -3.44. The van der Waals surface area contributed by atoms with Gasteiger partial charge in [0.25, 0.3) is 0 Å². The molecule has 2 heterocycles. The number of imidazole rings is 1. The number of benzene rings is 7. The number of rotatable bonds is 6. The fourth-order valence-corrected chi connectivity index (χ4v) is 9.90. The number of anilines is 4. The summed E-state index contributed by atoms with van der Waals surface area (Å²) >= 11 is 0. The zero-order valence-electron chi connectivity index (χ0n) is 26.5. The van der Waals surface area contributed by atoms with Gasteiger partial charge in [-0.15, -0.1) is 0 Å². The van der Waals surface area contributed by atoms with Crippen molar-refractivity contribution in [2.75, 3.05) is 9.34 Å². The molecule has 6 heteroatoms. The van der Waals surface area contributed by atoms with Gasteiger partial charge in [0.15, 0.2) is 0 Å². The molecule has 1 unspecified atom stereocenters. The summed E-state index contributed by atoms with van der Waals surface area (Å²) in [5.41, 5.74) is 9.64. The molecule has 1 aliphatic heterocycles. The largest absolute Gasteiger partial charge is 0.301 e. The molecule has 0 spiro atoms. The first-order chi connectivity index (χ1) is 24.2. The molecule has 234 valence electrons. The van der Waals surface area contributed by atoms with Crippen LogP contribution in [0.5, 0.6) is 0 Å². The normalized spacial score (nSPS) is 15.4. The van der Waals surface area contributed by atoms with E-state index >= 15 is 4.57 Å². The summed E-state index contributed by atoms with van der Waals surface area (Å²) in [6, 6.07) is 63.5. The number of para-hydroxylation sites is 3. The van der Waals surface area contributed by atoms with Crippen LogP contribution >= 0.6 is 7.44 Å². The van der Waals surface area contributed by atoms with Crippen molar-refractivity contribution in [3.05, 3.63) is 188 Å². The molecule has 9 rings (SSSR count). The fraction of sp³-hybridized carbons (Fsp3) is 0. The molecule has 0 bridgehead atoms. The first-order valence-electron chi connectivity index (χ1n) is 16.3. The Labute approximate surface area is 285 Å². The van der Waals surface area contributed by atoms with Crippen molar-refractivity contribution in [2.45, 2.75) is 0 Å². The van der Waals surface area contributed by atoms with Gasteiger partial charge in [-0.25, -0.2) is 4.98 Å². The topological polar surface area (TPSA) is 41.4 Å². The third kappa shape index (κ3) is 4.78. The van der Waals surface area contributed by atoms with Crippen LogP contribution in [0.2, 0.25) is 0 Å². The molecule has 0 fully saturated rings. The van der Waals surface area contributed by atoms with Crippen molar-refractivity contribution >= 4 is 46.5 Å². The van der Waals surface area contributed by atoms with Crippen LogP contribution < -0.4 is 14.6 Å². The predicted octanol–water partition coefficient (Wildman–Crippen LogP) is 11.2. The van der Waals surface area contributed by atoms with E-state index in [0.29, 0.717) is 0 Å². The molecule has 0 N–H and O–H groups in total. The van der Waals surface area contributed by atoms with Crippen LogP contribution in [0.15, 0.2) is 188 Å². The first kappa shape index (κ1) is 29.0. The van der Waals surface area contributed by atoms with Gasteiger partial charge in [0.1, 0.15) is 5.82 Å². The average molecular weight is 651 g/mol. The summed E-state index contributed by atoms with van der Waals surface area (Å²) in [7, 11) is -3.44. The standard InChI is InChI=1S/C43H31N4OP/c48-49(38-24-14-5-15-25-38)46(36-20-10-3-11-21-36)41-29-27-34(31-42(41)47(49)37-22-12-4-13-23-37)33-26-28-40-39(30-33)44-43(32-16-6-1-7-17-32)45(40)35-18-8-2-9-19-35/h1-31H. The van der Waals surface area contributed by atoms with Gasteiger partial charge in [0.2, 0.25) is 0 Å². The maximum Gasteiger partial charge on any atom is 0.301 e. The molecular formula is C43H31N4OP. The van der Waals surface area contributed by atoms with E-state index in [1.807, 2.05) is 125 Å². The maximum atomic E-state index is 15.9. The highest BCUT2D eigenvalue weighted by molar-refractivity contribution is 7.76. The zero-order chi connectivity index (χ0) is 32.8. The van der Waals surface area contributed by atoms with E-state index in [2.05, 4.69) is 77.4 Å². The van der Waals surface area contributed by atoms with Gasteiger partial charge < -0.3 is 0 Å². The van der Waals surface area contributed by atoms with E-state index in [9.17, 15) is 0 Å². The predicted molar refractivity (Wildman–Crippen MR) is 203 cm³/mol. The van der Waals surface area contributed by atoms with Gasteiger partial charge in [-0.1, -0.05) is 115 Å². The van der Waals surface area contributed by atoms with Gasteiger partial charge in [-0.3, -0.25) is 18.5 Å². The van der Waals surface area contributed by atoms with Crippen molar-refractivity contribution in [1.82, 2.24) is 9.55 Å². The van der Waals surface area contributed by atoms with E-state index in [4.69, 9.17) is 4.98 Å². The monoisotopic (exact) mass is 650 g/mol. The Bertz CT molecular complexity index is 2470. The third-order valence-electron chi connectivity index (χ3n) is 9.10. The van der Waals surface area contributed by atoms with E-state index in [1.165, 1.54) is 0 Å². The third-order valence-corrected chi connectivity index (χ3v) is 12.1. The lowest BCUT2D eigenvalue weighted by atomic mass is 10.0. The fourth-order valence-electron chi connectivity index (χ4n) is 6.90. The summed E-state index contributed by atoms with van der Waals surface area (Å²) in [5.74, 6) is 0.894. The van der Waals surface area contributed by atoms with E-state index in [-0.39, 0.29) is 0 Å². The minimum Gasteiger partial charge on any atom is -0.292 e. The van der Waals surface area contributed by atoms with Gasteiger partial charge in [0.05, 0.1) is 27.7 Å². The molecule has 0 amide bonds. The summed E-state index contributed by atoms with van der Waals surface area (Å²) in [5, 5.41) is 0.766. The van der Waals surface area contributed by atoms with Crippen molar-refractivity contribution < 1.29 is 4.57 Å². The molecule has 5 nitrogen and oxygen atoms in total. The Kier molecular flexibility index (Phi) is 7.00. The second-order valence-corrected chi connectivity index (χ2v) is 14.5. The molecule has 1 aliphatic rings. The Morgan fingerprint density at radius 1 is 0.429 bits per heavy atom. The Hall–Kier alpha value is -6.16. The summed E-state index contributed by atoms with van der Waals surface area (Å²) in [4.78, 5) is 5.19. The molecule has 1 aromatic heterocycles. The quantitative estimate of drug-likeness (QED) is 0.168. The molecule has 0 saturated heterocycles. The molecule has 0 radical (unpaired) electrons. The van der Waals surface area contributed by atoms with E-state index in [0.717, 1.165) is 67.3 Å². The second-order valence-electron chi connectivity index (χ2n) is 12.1. The zero-order valence-corrected chi connectivity index (χ0v) is 27.4. The first-order valence-corrected chi connectivity index (χ1v) is 18.0. The number of hydrogen-bond donors (Lipinski definition) is 0. The maximum absolute atomic E-state index is 15.9. The molecule has 49 heavy (non-hydrogen) atoms.